The van der Waals surface area contributed by atoms with E-state index in [1.807, 2.05) is 0 Å². The first kappa shape index (κ1) is 21.1. The molecule has 2 aromatic rings. The number of sulfonamides is 1. The van der Waals surface area contributed by atoms with E-state index in [0.717, 1.165) is 12.8 Å². The first-order valence-electron chi connectivity index (χ1n) is 9.47. The molecule has 2 fully saturated rings. The van der Waals surface area contributed by atoms with E-state index in [0.29, 0.717) is 16.5 Å². The van der Waals surface area contributed by atoms with Crippen LogP contribution in [0.1, 0.15) is 25.7 Å². The van der Waals surface area contributed by atoms with Gasteiger partial charge in [0.05, 0.1) is 17.1 Å². The number of hydroxylamine groups is 1. The van der Waals surface area contributed by atoms with Crippen LogP contribution in [-0.4, -0.2) is 37.3 Å². The molecule has 2 bridgehead atoms. The van der Waals surface area contributed by atoms with E-state index in [1.165, 1.54) is 24.3 Å². The van der Waals surface area contributed by atoms with Gasteiger partial charge in [-0.25, -0.2) is 13.9 Å². The summed E-state index contributed by atoms with van der Waals surface area (Å²) in [6.07, 6.45) is 1.38. The fourth-order valence-electron chi connectivity index (χ4n) is 4.00. The average molecular weight is 453 g/mol. The Balaban J connectivity index is 1.53. The fraction of sp³-hybridized carbons (Fsp3) is 0.350. The van der Waals surface area contributed by atoms with Crippen LogP contribution < -0.4 is 14.9 Å². The molecule has 4 rings (SSSR count). The summed E-state index contributed by atoms with van der Waals surface area (Å²) in [5.41, 5.74) is 0.146. The molecule has 3 atom stereocenters. The van der Waals surface area contributed by atoms with Crippen molar-refractivity contribution >= 4 is 27.5 Å². The van der Waals surface area contributed by atoms with Gasteiger partial charge in [0.15, 0.2) is 0 Å². The van der Waals surface area contributed by atoms with Gasteiger partial charge in [-0.15, -0.1) is 0 Å². The molecule has 0 aliphatic carbocycles. The summed E-state index contributed by atoms with van der Waals surface area (Å²) in [5.74, 6) is 0.224. The Bertz CT molecular complexity index is 1010. The first-order chi connectivity index (χ1) is 14.3. The van der Waals surface area contributed by atoms with Crippen LogP contribution in [0.5, 0.6) is 11.5 Å². The summed E-state index contributed by atoms with van der Waals surface area (Å²) in [5, 5.41) is 9.79. The van der Waals surface area contributed by atoms with Crippen LogP contribution in [0.4, 0.5) is 0 Å². The second-order valence-electron chi connectivity index (χ2n) is 7.52. The number of rotatable bonds is 6. The molecule has 2 aromatic carbocycles. The number of benzene rings is 2. The van der Waals surface area contributed by atoms with E-state index in [-0.39, 0.29) is 29.9 Å². The number of halogens is 1. The van der Waals surface area contributed by atoms with Gasteiger partial charge in [0.1, 0.15) is 17.0 Å². The van der Waals surface area contributed by atoms with Gasteiger partial charge >= 0.3 is 0 Å². The minimum absolute atomic E-state index is 0.0186. The van der Waals surface area contributed by atoms with Crippen LogP contribution in [0.3, 0.4) is 0 Å². The highest BCUT2D eigenvalue weighted by Gasteiger charge is 2.51. The zero-order chi connectivity index (χ0) is 21.4. The summed E-state index contributed by atoms with van der Waals surface area (Å²) >= 11 is 5.85. The highest BCUT2D eigenvalue weighted by atomic mass is 35.5. The third-order valence-corrected chi connectivity index (χ3v) is 7.20. The van der Waals surface area contributed by atoms with Crippen molar-refractivity contribution in [2.75, 3.05) is 0 Å². The summed E-state index contributed by atoms with van der Waals surface area (Å²) < 4.78 is 39.9. The summed E-state index contributed by atoms with van der Waals surface area (Å²) in [4.78, 5) is 12.4. The standard InChI is InChI=1S/C20H21ClN2O6S/c21-13-1-3-14(4-2-13)28-15-7-9-18(10-8-15)30(26,27)23-20(19(24)22-25)11-16-5-6-17(12-20)29-16/h1-4,7-10,16-17,23,25H,5-6,11-12H2,(H,22,24)/t16-,17+,20-. The van der Waals surface area contributed by atoms with Gasteiger partial charge in [-0.05, 0) is 61.4 Å². The quantitative estimate of drug-likeness (QED) is 0.458. The summed E-state index contributed by atoms with van der Waals surface area (Å²) in [6, 6.07) is 12.6. The fourth-order valence-corrected chi connectivity index (χ4v) is 5.52. The Morgan fingerprint density at radius 3 is 2.10 bits per heavy atom. The zero-order valence-corrected chi connectivity index (χ0v) is 17.4. The molecule has 2 aliphatic heterocycles. The molecule has 2 saturated heterocycles. The van der Waals surface area contributed by atoms with Gasteiger partial charge in [-0.3, -0.25) is 10.0 Å². The van der Waals surface area contributed by atoms with Crippen molar-refractivity contribution in [2.24, 2.45) is 0 Å². The van der Waals surface area contributed by atoms with Gasteiger partial charge in [0.2, 0.25) is 10.0 Å². The second-order valence-corrected chi connectivity index (χ2v) is 9.64. The van der Waals surface area contributed by atoms with Crippen molar-refractivity contribution in [1.82, 2.24) is 10.2 Å². The van der Waals surface area contributed by atoms with Gasteiger partial charge < -0.3 is 9.47 Å². The highest BCUT2D eigenvalue weighted by Crippen LogP contribution is 2.39. The first-order valence-corrected chi connectivity index (χ1v) is 11.3. The Kier molecular flexibility index (Phi) is 5.73. The molecule has 0 spiro atoms. The van der Waals surface area contributed by atoms with E-state index in [4.69, 9.17) is 21.1 Å². The van der Waals surface area contributed by atoms with Crippen LogP contribution in [0.25, 0.3) is 0 Å². The van der Waals surface area contributed by atoms with Crippen molar-refractivity contribution in [2.45, 2.75) is 48.3 Å². The maximum Gasteiger partial charge on any atom is 0.264 e. The molecular weight excluding hydrogens is 432 g/mol. The van der Waals surface area contributed by atoms with Crippen molar-refractivity contribution in [3.05, 3.63) is 53.6 Å². The monoisotopic (exact) mass is 452 g/mol. The Morgan fingerprint density at radius 2 is 1.57 bits per heavy atom. The molecular formula is C20H21ClN2O6S. The van der Waals surface area contributed by atoms with E-state index in [2.05, 4.69) is 4.72 Å². The normalized spacial score (nSPS) is 25.7. The van der Waals surface area contributed by atoms with E-state index in [9.17, 15) is 18.4 Å². The third kappa shape index (κ3) is 4.30. The Morgan fingerprint density at radius 1 is 1.03 bits per heavy atom. The lowest BCUT2D eigenvalue weighted by Gasteiger charge is -2.38. The molecule has 0 unspecified atom stereocenters. The molecule has 0 radical (unpaired) electrons. The number of carbonyl (C=O) groups is 1. The van der Waals surface area contributed by atoms with Crippen molar-refractivity contribution < 1.29 is 27.9 Å². The number of ether oxygens (including phenoxy) is 2. The second kappa shape index (κ2) is 8.16. The SMILES string of the molecule is O=C(NO)[C@@]1(NS(=O)(=O)c2ccc(Oc3ccc(Cl)cc3)cc2)C[C@H]2CC[C@@H](C1)O2. The topological polar surface area (TPSA) is 114 Å². The molecule has 160 valence electrons. The van der Waals surface area contributed by atoms with E-state index in [1.54, 1.807) is 29.7 Å². The molecule has 1 amide bonds. The van der Waals surface area contributed by atoms with Gasteiger partial charge in [-0.1, -0.05) is 11.6 Å². The average Bonchev–Trinajstić information content (AvgIpc) is 3.07. The molecule has 30 heavy (non-hydrogen) atoms. The molecule has 2 aliphatic rings. The maximum absolute atomic E-state index is 13.0. The minimum atomic E-state index is -4.04. The molecule has 8 nitrogen and oxygen atoms in total. The van der Waals surface area contributed by atoms with Crippen LogP contribution in [0, 0.1) is 0 Å². The van der Waals surface area contributed by atoms with Crippen LogP contribution in [-0.2, 0) is 19.6 Å². The zero-order valence-electron chi connectivity index (χ0n) is 15.9. The van der Waals surface area contributed by atoms with Crippen LogP contribution >= 0.6 is 11.6 Å². The van der Waals surface area contributed by atoms with Crippen molar-refractivity contribution in [3.8, 4) is 11.5 Å². The number of carbonyl (C=O) groups excluding carboxylic acids is 1. The highest BCUT2D eigenvalue weighted by molar-refractivity contribution is 7.89. The number of amides is 1. The summed E-state index contributed by atoms with van der Waals surface area (Å²) in [6.45, 7) is 0. The number of fused-ring (bicyclic) bond motifs is 2. The molecule has 0 aromatic heterocycles. The minimum Gasteiger partial charge on any atom is -0.457 e. The van der Waals surface area contributed by atoms with Gasteiger partial charge in [0.25, 0.3) is 5.91 Å². The maximum atomic E-state index is 13.0. The molecule has 3 N–H and O–H groups in total. The third-order valence-electron chi connectivity index (χ3n) is 5.40. The lowest BCUT2D eigenvalue weighted by molar-refractivity contribution is -0.142. The van der Waals surface area contributed by atoms with Crippen LogP contribution in [0.15, 0.2) is 53.4 Å². The number of nitrogens with one attached hydrogen (secondary N) is 2. The molecule has 10 heteroatoms. The largest absolute Gasteiger partial charge is 0.457 e. The molecule has 0 saturated carbocycles. The van der Waals surface area contributed by atoms with Crippen molar-refractivity contribution in [1.29, 1.82) is 0 Å². The van der Waals surface area contributed by atoms with Crippen molar-refractivity contribution in [3.63, 3.8) is 0 Å². The number of hydrogen-bond acceptors (Lipinski definition) is 6. The lowest BCUT2D eigenvalue weighted by Crippen LogP contribution is -2.62. The van der Waals surface area contributed by atoms with E-state index < -0.39 is 21.5 Å². The predicted molar refractivity (Wildman–Crippen MR) is 108 cm³/mol. The van der Waals surface area contributed by atoms with Gasteiger partial charge in [0, 0.05) is 17.9 Å². The number of hydrogen-bond donors (Lipinski definition) is 3. The predicted octanol–water partition coefficient (Wildman–Crippen LogP) is 3.00. The van der Waals surface area contributed by atoms with Gasteiger partial charge in [-0.2, -0.15) is 4.72 Å². The lowest BCUT2D eigenvalue weighted by atomic mass is 9.87. The smallest absolute Gasteiger partial charge is 0.264 e. The molecule has 2 heterocycles. The Labute approximate surface area is 179 Å². The van der Waals surface area contributed by atoms with E-state index >= 15 is 0 Å². The Hall–Kier alpha value is -2.17. The summed E-state index contributed by atoms with van der Waals surface area (Å²) in [7, 11) is -4.04. The van der Waals surface area contributed by atoms with Crippen LogP contribution in [0.2, 0.25) is 5.02 Å².